The first kappa shape index (κ1) is 17.0. The van der Waals surface area contributed by atoms with Gasteiger partial charge in [0.15, 0.2) is 0 Å². The summed E-state index contributed by atoms with van der Waals surface area (Å²) in [5.74, 6) is 0.900. The van der Waals surface area contributed by atoms with Gasteiger partial charge < -0.3 is 15.2 Å². The third kappa shape index (κ3) is 6.92. The summed E-state index contributed by atoms with van der Waals surface area (Å²) < 4.78 is 5.83. The molecular weight excluding hydrogens is 250 g/mol. The van der Waals surface area contributed by atoms with Crippen LogP contribution in [0.4, 0.5) is 0 Å². The monoisotopic (exact) mass is 279 g/mol. The molecule has 114 valence electrons. The molecule has 0 radical (unpaired) electrons. The Morgan fingerprint density at radius 3 is 2.35 bits per heavy atom. The van der Waals surface area contributed by atoms with E-state index in [1.165, 1.54) is 5.56 Å². The van der Waals surface area contributed by atoms with E-state index in [2.05, 4.69) is 45.1 Å². The van der Waals surface area contributed by atoms with Crippen LogP contribution in [0.15, 0.2) is 18.2 Å². The predicted molar refractivity (Wildman–Crippen MR) is 84.2 cm³/mol. The molecule has 3 nitrogen and oxygen atoms in total. The molecule has 3 heteroatoms. The molecule has 0 atom stereocenters. The Morgan fingerprint density at radius 2 is 1.80 bits per heavy atom. The summed E-state index contributed by atoms with van der Waals surface area (Å²) >= 11 is 0. The smallest absolute Gasteiger partial charge is 0.123 e. The molecule has 0 fully saturated rings. The summed E-state index contributed by atoms with van der Waals surface area (Å²) in [6, 6.07) is 6.22. The van der Waals surface area contributed by atoms with Gasteiger partial charge in [-0.25, -0.2) is 0 Å². The number of hydrogen-bond acceptors (Lipinski definition) is 3. The highest BCUT2D eigenvalue weighted by Gasteiger charge is 2.14. The van der Waals surface area contributed by atoms with Crippen LogP contribution >= 0.6 is 0 Å². The summed E-state index contributed by atoms with van der Waals surface area (Å²) in [7, 11) is 0. The molecule has 0 aliphatic carbocycles. The minimum absolute atomic E-state index is 0.0775. The van der Waals surface area contributed by atoms with Gasteiger partial charge in [-0.15, -0.1) is 0 Å². The molecule has 2 N–H and O–H groups in total. The van der Waals surface area contributed by atoms with Crippen molar-refractivity contribution in [2.45, 2.75) is 65.6 Å². The van der Waals surface area contributed by atoms with Crippen molar-refractivity contribution < 1.29 is 9.84 Å². The molecule has 1 aromatic carbocycles. The Balaban J connectivity index is 2.70. The van der Waals surface area contributed by atoms with Gasteiger partial charge >= 0.3 is 0 Å². The zero-order valence-corrected chi connectivity index (χ0v) is 13.7. The topological polar surface area (TPSA) is 41.5 Å². The van der Waals surface area contributed by atoms with Gasteiger partial charge in [-0.1, -0.05) is 17.7 Å². The maximum absolute atomic E-state index is 9.73. The van der Waals surface area contributed by atoms with Gasteiger partial charge in [-0.3, -0.25) is 0 Å². The van der Waals surface area contributed by atoms with Crippen molar-refractivity contribution >= 4 is 0 Å². The molecule has 0 spiro atoms. The van der Waals surface area contributed by atoms with E-state index in [-0.39, 0.29) is 5.54 Å². The van der Waals surface area contributed by atoms with E-state index in [9.17, 15) is 5.11 Å². The van der Waals surface area contributed by atoms with Crippen LogP contribution < -0.4 is 10.1 Å². The second-order valence-corrected chi connectivity index (χ2v) is 7.13. The maximum Gasteiger partial charge on any atom is 0.123 e. The molecular formula is C17H29NO2. The van der Waals surface area contributed by atoms with Crippen molar-refractivity contribution in [1.82, 2.24) is 5.32 Å². The molecule has 20 heavy (non-hydrogen) atoms. The van der Waals surface area contributed by atoms with Crippen LogP contribution in [0.2, 0.25) is 0 Å². The Kier molecular flexibility index (Phi) is 5.60. The third-order valence-electron chi connectivity index (χ3n) is 3.00. The zero-order chi connectivity index (χ0) is 15.4. The Bertz CT molecular complexity index is 428. The lowest BCUT2D eigenvalue weighted by atomic mass is 10.1. The van der Waals surface area contributed by atoms with Crippen molar-refractivity contribution in [3.05, 3.63) is 29.3 Å². The lowest BCUT2D eigenvalue weighted by molar-refractivity contribution is 0.0552. The van der Waals surface area contributed by atoms with E-state index < -0.39 is 5.60 Å². The number of aryl methyl sites for hydroxylation is 1. The minimum atomic E-state index is -0.686. The van der Waals surface area contributed by atoms with Gasteiger partial charge in [-0.2, -0.15) is 0 Å². The quantitative estimate of drug-likeness (QED) is 0.838. The minimum Gasteiger partial charge on any atom is -0.493 e. The number of nitrogens with one attached hydrogen (secondary N) is 1. The first-order valence-corrected chi connectivity index (χ1v) is 7.27. The summed E-state index contributed by atoms with van der Waals surface area (Å²) in [5, 5.41) is 13.2. The summed E-state index contributed by atoms with van der Waals surface area (Å²) in [4.78, 5) is 0. The number of benzene rings is 1. The maximum atomic E-state index is 9.73. The number of rotatable bonds is 6. The van der Waals surface area contributed by atoms with E-state index in [0.29, 0.717) is 13.0 Å². The molecule has 0 aliphatic heterocycles. The van der Waals surface area contributed by atoms with Crippen LogP contribution in [0.5, 0.6) is 5.75 Å². The van der Waals surface area contributed by atoms with Crippen LogP contribution in [0.1, 0.15) is 52.2 Å². The molecule has 0 unspecified atom stereocenters. The van der Waals surface area contributed by atoms with Gasteiger partial charge in [0.2, 0.25) is 0 Å². The molecule has 1 aromatic rings. The number of ether oxygens (including phenoxy) is 1. The molecule has 0 bridgehead atoms. The Morgan fingerprint density at radius 1 is 1.15 bits per heavy atom. The molecule has 0 saturated heterocycles. The van der Waals surface area contributed by atoms with E-state index in [1.54, 1.807) is 13.8 Å². The fourth-order valence-electron chi connectivity index (χ4n) is 1.76. The first-order valence-electron chi connectivity index (χ1n) is 7.27. The fraction of sp³-hybridized carbons (Fsp3) is 0.647. The molecule has 0 heterocycles. The first-order chi connectivity index (χ1) is 9.07. The van der Waals surface area contributed by atoms with Crippen molar-refractivity contribution in [3.8, 4) is 5.75 Å². The van der Waals surface area contributed by atoms with E-state index in [1.807, 2.05) is 6.07 Å². The summed E-state index contributed by atoms with van der Waals surface area (Å²) in [6.07, 6.45) is 0.618. The van der Waals surface area contributed by atoms with Crippen molar-refractivity contribution in [2.75, 3.05) is 6.61 Å². The zero-order valence-electron chi connectivity index (χ0n) is 13.7. The van der Waals surface area contributed by atoms with Gasteiger partial charge in [0, 0.05) is 24.1 Å². The van der Waals surface area contributed by atoms with E-state index >= 15 is 0 Å². The third-order valence-corrected chi connectivity index (χ3v) is 3.00. The SMILES string of the molecule is Cc1ccc(OCCC(C)(C)O)c(CNC(C)(C)C)c1. The average Bonchev–Trinajstić information content (AvgIpc) is 2.26. The number of hydrogen-bond donors (Lipinski definition) is 2. The lowest BCUT2D eigenvalue weighted by Gasteiger charge is -2.22. The molecule has 0 saturated carbocycles. The second kappa shape index (κ2) is 6.59. The van der Waals surface area contributed by atoms with Gasteiger partial charge in [-0.05, 0) is 47.6 Å². The highest BCUT2D eigenvalue weighted by atomic mass is 16.5. The van der Waals surface area contributed by atoms with Crippen LogP contribution in [0.25, 0.3) is 0 Å². The largest absolute Gasteiger partial charge is 0.493 e. The molecule has 0 aromatic heterocycles. The van der Waals surface area contributed by atoms with Gasteiger partial charge in [0.25, 0.3) is 0 Å². The second-order valence-electron chi connectivity index (χ2n) is 7.13. The van der Waals surface area contributed by atoms with Crippen molar-refractivity contribution in [3.63, 3.8) is 0 Å². The van der Waals surface area contributed by atoms with Gasteiger partial charge in [0.05, 0.1) is 12.2 Å². The predicted octanol–water partition coefficient (Wildman–Crippen LogP) is 3.42. The van der Waals surface area contributed by atoms with Crippen LogP contribution in [-0.2, 0) is 6.54 Å². The molecule has 0 aliphatic rings. The fourth-order valence-corrected chi connectivity index (χ4v) is 1.76. The summed E-state index contributed by atoms with van der Waals surface area (Å²) in [6.45, 7) is 13.4. The van der Waals surface area contributed by atoms with Crippen LogP contribution in [-0.4, -0.2) is 22.9 Å². The highest BCUT2D eigenvalue weighted by molar-refractivity contribution is 5.37. The standard InChI is InChI=1S/C17H29NO2/c1-13-7-8-15(20-10-9-17(5,6)19)14(11-13)12-18-16(2,3)4/h7-8,11,18-19H,9-10,12H2,1-6H3. The van der Waals surface area contributed by atoms with E-state index in [0.717, 1.165) is 17.9 Å². The van der Waals surface area contributed by atoms with Gasteiger partial charge in [0.1, 0.15) is 5.75 Å². The summed E-state index contributed by atoms with van der Waals surface area (Å²) in [5.41, 5.74) is 1.78. The highest BCUT2D eigenvalue weighted by Crippen LogP contribution is 2.22. The normalized spacial score (nSPS) is 12.6. The Labute approximate surface area is 123 Å². The van der Waals surface area contributed by atoms with Crippen LogP contribution in [0.3, 0.4) is 0 Å². The van der Waals surface area contributed by atoms with Crippen LogP contribution in [0, 0.1) is 6.92 Å². The van der Waals surface area contributed by atoms with Crippen molar-refractivity contribution in [2.24, 2.45) is 0 Å². The molecule has 0 amide bonds. The van der Waals surface area contributed by atoms with Crippen molar-refractivity contribution in [1.29, 1.82) is 0 Å². The van der Waals surface area contributed by atoms with E-state index in [4.69, 9.17) is 4.74 Å². The average molecular weight is 279 g/mol. The molecule has 1 rings (SSSR count). The lowest BCUT2D eigenvalue weighted by Crippen LogP contribution is -2.35. The Hall–Kier alpha value is -1.06. The number of aliphatic hydroxyl groups is 1.